The molecule has 0 saturated heterocycles. The number of rotatable bonds is 28. The van der Waals surface area contributed by atoms with E-state index >= 15 is 0 Å². The van der Waals surface area contributed by atoms with Crippen molar-refractivity contribution in [2.45, 2.75) is 187 Å². The van der Waals surface area contributed by atoms with Crippen LogP contribution >= 0.6 is 0 Å². The van der Waals surface area contributed by atoms with E-state index in [0.717, 1.165) is 0 Å². The Labute approximate surface area is 251 Å². The number of unbranched alkanes of at least 4 members (excludes halogenated alkanes) is 23. The van der Waals surface area contributed by atoms with Gasteiger partial charge in [-0.25, -0.2) is 0 Å². The van der Waals surface area contributed by atoms with Gasteiger partial charge in [0, 0.05) is 24.6 Å². The summed E-state index contributed by atoms with van der Waals surface area (Å²) in [6.07, 6.45) is 42.1. The molecule has 0 radical (unpaired) electrons. The van der Waals surface area contributed by atoms with Gasteiger partial charge in [0.2, 0.25) is 0 Å². The van der Waals surface area contributed by atoms with Crippen molar-refractivity contribution in [3.63, 3.8) is 0 Å². The van der Waals surface area contributed by atoms with E-state index in [1.807, 2.05) is 0 Å². The molecule has 2 nitrogen and oxygen atoms in total. The molecular formula is C38H68N2. The lowest BCUT2D eigenvalue weighted by Gasteiger charge is -2.33. The van der Waals surface area contributed by atoms with Crippen LogP contribution in [0.1, 0.15) is 181 Å². The molecule has 2 heteroatoms. The Morgan fingerprint density at radius 1 is 0.450 bits per heavy atom. The minimum atomic E-state index is 0.503. The Hall–Kier alpha value is -1.44. The topological polar surface area (TPSA) is 6.48 Å². The molecule has 0 fully saturated rings. The van der Waals surface area contributed by atoms with Crippen LogP contribution in [0.15, 0.2) is 42.7 Å². The van der Waals surface area contributed by atoms with Crippen molar-refractivity contribution in [1.29, 1.82) is 0 Å². The predicted molar refractivity (Wildman–Crippen MR) is 180 cm³/mol. The van der Waals surface area contributed by atoms with Crippen LogP contribution in [0.5, 0.6) is 0 Å². The smallest absolute Gasteiger partial charge is 0.105 e. The molecule has 0 amide bonds. The number of para-hydroxylation sites is 1. The van der Waals surface area contributed by atoms with Gasteiger partial charge >= 0.3 is 0 Å². The number of hydrogen-bond donors (Lipinski definition) is 0. The molecule has 230 valence electrons. The molecule has 1 aliphatic heterocycles. The van der Waals surface area contributed by atoms with Crippen LogP contribution in [-0.4, -0.2) is 17.6 Å². The van der Waals surface area contributed by atoms with Crippen molar-refractivity contribution in [3.8, 4) is 0 Å². The molecule has 1 aliphatic rings. The van der Waals surface area contributed by atoms with Crippen LogP contribution in [-0.2, 0) is 0 Å². The molecule has 1 atom stereocenters. The van der Waals surface area contributed by atoms with Crippen LogP contribution in [0.2, 0.25) is 0 Å². The first-order valence-corrected chi connectivity index (χ1v) is 18.1. The van der Waals surface area contributed by atoms with Crippen molar-refractivity contribution in [2.24, 2.45) is 0 Å². The third kappa shape index (κ3) is 16.7. The van der Waals surface area contributed by atoms with Crippen LogP contribution < -0.4 is 4.90 Å². The second kappa shape index (κ2) is 25.3. The van der Waals surface area contributed by atoms with Gasteiger partial charge in [-0.2, -0.15) is 0 Å². The maximum atomic E-state index is 2.64. The van der Waals surface area contributed by atoms with Crippen LogP contribution in [0.25, 0.3) is 0 Å². The summed E-state index contributed by atoms with van der Waals surface area (Å²) in [6, 6.07) is 11.0. The lowest BCUT2D eigenvalue weighted by atomic mass is 10.0. The van der Waals surface area contributed by atoms with E-state index in [4.69, 9.17) is 0 Å². The average molecular weight is 553 g/mol. The van der Waals surface area contributed by atoms with E-state index in [-0.39, 0.29) is 0 Å². The fourth-order valence-corrected chi connectivity index (χ4v) is 6.38. The summed E-state index contributed by atoms with van der Waals surface area (Å²) in [7, 11) is 0. The summed E-state index contributed by atoms with van der Waals surface area (Å²) in [5.74, 6) is 0. The summed E-state index contributed by atoms with van der Waals surface area (Å²) < 4.78 is 0. The summed E-state index contributed by atoms with van der Waals surface area (Å²) >= 11 is 0. The van der Waals surface area contributed by atoms with E-state index in [1.165, 1.54) is 179 Å². The zero-order valence-corrected chi connectivity index (χ0v) is 27.1. The summed E-state index contributed by atoms with van der Waals surface area (Å²) in [4.78, 5) is 5.17. The molecule has 1 aromatic carbocycles. The van der Waals surface area contributed by atoms with Crippen LogP contribution in [0.4, 0.5) is 5.69 Å². The highest BCUT2D eigenvalue weighted by molar-refractivity contribution is 5.51. The molecule has 1 unspecified atom stereocenters. The van der Waals surface area contributed by atoms with Crippen molar-refractivity contribution in [2.75, 3.05) is 11.4 Å². The Kier molecular flexibility index (Phi) is 22.0. The third-order valence-electron chi connectivity index (χ3n) is 9.01. The lowest BCUT2D eigenvalue weighted by molar-refractivity contribution is 0.273. The van der Waals surface area contributed by atoms with Crippen molar-refractivity contribution >= 4 is 5.69 Å². The maximum Gasteiger partial charge on any atom is 0.105 e. The fraction of sp³-hybridized carbons (Fsp3) is 0.789. The van der Waals surface area contributed by atoms with Gasteiger partial charge in [0.05, 0.1) is 0 Å². The Morgan fingerprint density at radius 2 is 0.850 bits per heavy atom. The highest BCUT2D eigenvalue weighted by Crippen LogP contribution is 2.28. The van der Waals surface area contributed by atoms with Gasteiger partial charge in [0.25, 0.3) is 0 Å². The quantitative estimate of drug-likeness (QED) is 0.0954. The van der Waals surface area contributed by atoms with Crippen molar-refractivity contribution in [3.05, 3.63) is 42.7 Å². The van der Waals surface area contributed by atoms with Gasteiger partial charge in [-0.15, -0.1) is 0 Å². The van der Waals surface area contributed by atoms with E-state index in [1.54, 1.807) is 0 Å². The standard InChI is InChI=1S/C38H68N2/c1-3-5-7-9-11-13-14-15-16-17-18-19-21-23-25-30-34-39-35-36-40(37-31-27-26-28-32-37)38(39)33-29-24-22-20-12-10-8-6-4-2/h26-28,31-32,35-36,38H,3-25,29-30,33-34H2,1-2H3. The maximum absolute atomic E-state index is 2.64. The molecule has 0 aliphatic carbocycles. The highest BCUT2D eigenvalue weighted by Gasteiger charge is 2.26. The van der Waals surface area contributed by atoms with E-state index in [0.29, 0.717) is 6.17 Å². The Morgan fingerprint density at radius 3 is 1.30 bits per heavy atom. The summed E-state index contributed by atoms with van der Waals surface area (Å²) in [5.41, 5.74) is 1.34. The molecular weight excluding hydrogens is 484 g/mol. The molecule has 1 heterocycles. The Bertz CT molecular complexity index is 684. The second-order valence-electron chi connectivity index (χ2n) is 12.7. The van der Waals surface area contributed by atoms with E-state index in [2.05, 4.69) is 66.4 Å². The van der Waals surface area contributed by atoms with Gasteiger partial charge in [-0.05, 0) is 31.4 Å². The highest BCUT2D eigenvalue weighted by atomic mass is 15.4. The average Bonchev–Trinajstić information content (AvgIpc) is 3.39. The molecule has 0 N–H and O–H groups in total. The second-order valence-corrected chi connectivity index (χ2v) is 12.7. The SMILES string of the molecule is CCCCCCCCCCCCCCCCCCN1C=CN(c2ccccc2)C1CCCCCCCCCCC. The number of benzene rings is 1. The minimum absolute atomic E-state index is 0.503. The molecule has 0 aromatic heterocycles. The first-order chi connectivity index (χ1) is 19.9. The largest absolute Gasteiger partial charge is 0.356 e. The van der Waals surface area contributed by atoms with Gasteiger partial charge < -0.3 is 9.80 Å². The number of nitrogens with zero attached hydrogens (tertiary/aromatic N) is 2. The van der Waals surface area contributed by atoms with Gasteiger partial charge in [-0.1, -0.05) is 180 Å². The predicted octanol–water partition coefficient (Wildman–Crippen LogP) is 12.8. The van der Waals surface area contributed by atoms with Gasteiger partial charge in [0.1, 0.15) is 6.17 Å². The molecule has 0 saturated carbocycles. The minimum Gasteiger partial charge on any atom is -0.356 e. The van der Waals surface area contributed by atoms with Crippen molar-refractivity contribution < 1.29 is 0 Å². The Balaban J connectivity index is 1.52. The molecule has 0 spiro atoms. The molecule has 0 bridgehead atoms. The first kappa shape index (κ1) is 34.8. The van der Waals surface area contributed by atoms with Gasteiger partial charge in [-0.3, -0.25) is 0 Å². The van der Waals surface area contributed by atoms with E-state index in [9.17, 15) is 0 Å². The van der Waals surface area contributed by atoms with Gasteiger partial charge in [0.15, 0.2) is 0 Å². The third-order valence-corrected chi connectivity index (χ3v) is 9.01. The first-order valence-electron chi connectivity index (χ1n) is 18.1. The molecule has 40 heavy (non-hydrogen) atoms. The summed E-state index contributed by atoms with van der Waals surface area (Å²) in [6.45, 7) is 5.82. The fourth-order valence-electron chi connectivity index (χ4n) is 6.38. The van der Waals surface area contributed by atoms with Crippen molar-refractivity contribution in [1.82, 2.24) is 4.90 Å². The van der Waals surface area contributed by atoms with Crippen LogP contribution in [0.3, 0.4) is 0 Å². The lowest BCUT2D eigenvalue weighted by Crippen LogP contribution is -2.39. The number of hydrogen-bond acceptors (Lipinski definition) is 2. The zero-order chi connectivity index (χ0) is 28.4. The molecule has 1 aromatic rings. The monoisotopic (exact) mass is 553 g/mol. The van der Waals surface area contributed by atoms with E-state index < -0.39 is 0 Å². The number of anilines is 1. The zero-order valence-electron chi connectivity index (χ0n) is 27.1. The van der Waals surface area contributed by atoms with Crippen LogP contribution in [0, 0.1) is 0 Å². The summed E-state index contributed by atoms with van der Waals surface area (Å²) in [5, 5.41) is 0. The molecule has 2 rings (SSSR count). The normalized spacial score (nSPS) is 15.0.